The molecular weight excluding hydrogens is 150 g/mol. The topological polar surface area (TPSA) is 54.4 Å². The van der Waals surface area contributed by atoms with E-state index in [9.17, 15) is 9.36 Å². The van der Waals surface area contributed by atoms with Crippen LogP contribution in [0.2, 0.25) is 0 Å². The van der Waals surface area contributed by atoms with Gasteiger partial charge in [-0.2, -0.15) is 0 Å². The van der Waals surface area contributed by atoms with Gasteiger partial charge in [0.2, 0.25) is 5.52 Å². The third-order valence-electron chi connectivity index (χ3n) is 0.921. The van der Waals surface area contributed by atoms with Gasteiger partial charge >= 0.3 is 29.6 Å². The third-order valence-corrected chi connectivity index (χ3v) is 2.76. The summed E-state index contributed by atoms with van der Waals surface area (Å²) in [6.07, 6.45) is 0.0440. The second kappa shape index (κ2) is 4.64. The molecule has 0 amide bonds. The van der Waals surface area contributed by atoms with Gasteiger partial charge in [-0.05, 0) is 0 Å². The van der Waals surface area contributed by atoms with Crippen LogP contribution in [0, 0.1) is 0 Å². The first-order valence-corrected chi connectivity index (χ1v) is 4.18. The number of carbonyl (C=O) groups is 1. The molecule has 1 N–H and O–H groups in total. The molecule has 0 aliphatic heterocycles. The Morgan fingerprint density at radius 3 is 2.11 bits per heavy atom. The van der Waals surface area contributed by atoms with Crippen LogP contribution in [0.5, 0.6) is 0 Å². The molecule has 50 valence electrons. The molecule has 0 fully saturated rings. The molecule has 0 aromatic carbocycles. The Labute approximate surface area is 78.1 Å². The number of hydrogen-bond donors (Lipinski definition) is 1. The van der Waals surface area contributed by atoms with E-state index in [-0.39, 0.29) is 37.1 Å². The Bertz CT molecular complexity index is 149. The molecule has 0 heterocycles. The quantitative estimate of drug-likeness (QED) is 0.373. The Balaban J connectivity index is -0.000000245. The minimum absolute atomic E-state index is 0. The fraction of sp³-hybridized carbons (Fsp3) is 0.750. The maximum atomic E-state index is 10.5. The van der Waals surface area contributed by atoms with E-state index in [1.807, 2.05) is 0 Å². The molecule has 0 aliphatic carbocycles. The first-order valence-electron chi connectivity index (χ1n) is 2.33. The molecule has 5 heteroatoms. The van der Waals surface area contributed by atoms with Crippen LogP contribution in [0.15, 0.2) is 0 Å². The molecule has 3 nitrogen and oxygen atoms in total. The van der Waals surface area contributed by atoms with Gasteiger partial charge in [0.05, 0.1) is 0 Å². The van der Waals surface area contributed by atoms with Crippen molar-refractivity contribution >= 4 is 12.9 Å². The normalized spacial score (nSPS) is 15.4. The Morgan fingerprint density at radius 2 is 2.11 bits per heavy atom. The van der Waals surface area contributed by atoms with Gasteiger partial charge in [0, 0.05) is 13.1 Å². The number of carbonyl (C=O) groups excluding carboxylic acids is 1. The van der Waals surface area contributed by atoms with Crippen molar-refractivity contribution in [1.82, 2.24) is 0 Å². The fourth-order valence-electron chi connectivity index (χ4n) is 0.223. The molecule has 0 bridgehead atoms. The minimum Gasteiger partial charge on any atom is -1.00 e. The summed E-state index contributed by atoms with van der Waals surface area (Å²) < 4.78 is 10.5. The predicted octanol–water partition coefficient (Wildman–Crippen LogP) is -2.06. The van der Waals surface area contributed by atoms with Gasteiger partial charge in [-0.25, -0.2) is 0 Å². The maximum Gasteiger partial charge on any atom is 1.00 e. The van der Waals surface area contributed by atoms with Crippen molar-refractivity contribution in [1.29, 1.82) is 0 Å². The summed E-state index contributed by atoms with van der Waals surface area (Å²) >= 11 is 0. The van der Waals surface area contributed by atoms with Crippen molar-refractivity contribution in [2.24, 2.45) is 0 Å². The molecule has 0 saturated carbocycles. The average Bonchev–Trinajstić information content (AvgIpc) is 1.67. The van der Waals surface area contributed by atoms with Crippen LogP contribution in [-0.2, 0) is 9.36 Å². The SMILES string of the molecule is CCP(=O)(O)C(C)=O.[H-].[Na+]. The molecule has 0 saturated heterocycles. The van der Waals surface area contributed by atoms with Crippen molar-refractivity contribution in [2.75, 3.05) is 6.16 Å². The van der Waals surface area contributed by atoms with Gasteiger partial charge in [0.25, 0.3) is 7.37 Å². The first-order chi connectivity index (χ1) is 3.50. The molecule has 0 spiro atoms. The molecule has 0 aromatic heterocycles. The van der Waals surface area contributed by atoms with E-state index in [4.69, 9.17) is 4.89 Å². The van der Waals surface area contributed by atoms with Crippen LogP contribution >= 0.6 is 7.37 Å². The average molecular weight is 160 g/mol. The van der Waals surface area contributed by atoms with Crippen molar-refractivity contribution in [3.05, 3.63) is 0 Å². The Hall–Kier alpha value is 0.860. The zero-order valence-corrected chi connectivity index (χ0v) is 8.81. The minimum atomic E-state index is -3.38. The second-order valence-electron chi connectivity index (χ2n) is 1.54. The molecule has 0 aromatic rings. The van der Waals surface area contributed by atoms with Gasteiger partial charge in [-0.1, -0.05) is 6.92 Å². The summed E-state index contributed by atoms with van der Waals surface area (Å²) in [4.78, 5) is 18.8. The van der Waals surface area contributed by atoms with Crippen LogP contribution in [0.3, 0.4) is 0 Å². The summed E-state index contributed by atoms with van der Waals surface area (Å²) in [6, 6.07) is 0. The van der Waals surface area contributed by atoms with Crippen LogP contribution < -0.4 is 29.6 Å². The molecular formula is C4H10NaO3P. The summed E-state index contributed by atoms with van der Waals surface area (Å²) in [7, 11) is -3.38. The summed E-state index contributed by atoms with van der Waals surface area (Å²) in [5.41, 5.74) is -0.611. The molecule has 0 aliphatic rings. The Morgan fingerprint density at radius 1 is 1.78 bits per heavy atom. The van der Waals surface area contributed by atoms with Gasteiger partial charge < -0.3 is 6.32 Å². The van der Waals surface area contributed by atoms with E-state index < -0.39 is 12.9 Å². The molecule has 0 rings (SSSR count). The largest absolute Gasteiger partial charge is 1.00 e. The number of rotatable bonds is 2. The fourth-order valence-corrected chi connectivity index (χ4v) is 0.668. The Kier molecular flexibility index (Phi) is 6.46. The van der Waals surface area contributed by atoms with Crippen LogP contribution in [-0.4, -0.2) is 16.6 Å². The summed E-state index contributed by atoms with van der Waals surface area (Å²) in [5, 5.41) is 0. The zero-order valence-electron chi connectivity index (χ0n) is 6.92. The number of hydrogen-bond acceptors (Lipinski definition) is 2. The molecule has 1 unspecified atom stereocenters. The molecule has 0 radical (unpaired) electrons. The van der Waals surface area contributed by atoms with E-state index in [1.165, 1.54) is 6.92 Å². The smallest absolute Gasteiger partial charge is 1.00 e. The van der Waals surface area contributed by atoms with Crippen molar-refractivity contribution in [2.45, 2.75) is 13.8 Å². The van der Waals surface area contributed by atoms with E-state index in [1.54, 1.807) is 0 Å². The van der Waals surface area contributed by atoms with Crippen LogP contribution in [0.4, 0.5) is 0 Å². The molecule has 1 atom stereocenters. The molecule has 9 heavy (non-hydrogen) atoms. The summed E-state index contributed by atoms with van der Waals surface area (Å²) in [5.74, 6) is 0. The van der Waals surface area contributed by atoms with E-state index in [2.05, 4.69) is 0 Å². The maximum absolute atomic E-state index is 10.5. The van der Waals surface area contributed by atoms with Crippen molar-refractivity contribution in [3.63, 3.8) is 0 Å². The van der Waals surface area contributed by atoms with Crippen LogP contribution in [0.25, 0.3) is 0 Å². The van der Waals surface area contributed by atoms with Crippen LogP contribution in [0.1, 0.15) is 15.3 Å². The zero-order chi connectivity index (χ0) is 6.78. The van der Waals surface area contributed by atoms with Crippen molar-refractivity contribution in [3.8, 4) is 0 Å². The third kappa shape index (κ3) is 4.29. The predicted molar refractivity (Wildman–Crippen MR) is 32.2 cm³/mol. The first kappa shape index (κ1) is 12.5. The van der Waals surface area contributed by atoms with E-state index in [0.29, 0.717) is 0 Å². The van der Waals surface area contributed by atoms with Gasteiger partial charge in [-0.3, -0.25) is 9.36 Å². The second-order valence-corrected chi connectivity index (χ2v) is 4.20. The summed E-state index contributed by atoms with van der Waals surface area (Å²) in [6.45, 7) is 2.65. The van der Waals surface area contributed by atoms with Gasteiger partial charge in [0.15, 0.2) is 0 Å². The van der Waals surface area contributed by atoms with E-state index in [0.717, 1.165) is 6.92 Å². The van der Waals surface area contributed by atoms with E-state index >= 15 is 0 Å². The standard InChI is InChI=1S/C4H9O3P.Na.H/c1-3-8(6,7)4(2)5;;/h3H2,1-2H3,(H,6,7);;/q;+1;-1. The van der Waals surface area contributed by atoms with Gasteiger partial charge in [0.1, 0.15) is 0 Å². The van der Waals surface area contributed by atoms with Gasteiger partial charge in [-0.15, -0.1) is 0 Å². The monoisotopic (exact) mass is 160 g/mol. The van der Waals surface area contributed by atoms with Crippen molar-refractivity contribution < 1.29 is 45.2 Å².